The van der Waals surface area contributed by atoms with Crippen molar-refractivity contribution in [2.45, 2.75) is 6.92 Å². The number of anilines is 1. The number of aromatic nitrogens is 5. The van der Waals surface area contributed by atoms with Crippen molar-refractivity contribution in [3.63, 3.8) is 0 Å². The number of hydrogen-bond donors (Lipinski definition) is 3. The molecule has 5 aromatic rings. The van der Waals surface area contributed by atoms with Crippen LogP contribution in [0.4, 0.5) is 5.82 Å². The van der Waals surface area contributed by atoms with Crippen LogP contribution in [-0.2, 0) is 0 Å². The van der Waals surface area contributed by atoms with Gasteiger partial charge in [-0.2, -0.15) is 5.10 Å². The Morgan fingerprint density at radius 1 is 1.17 bits per heavy atom. The highest BCUT2D eigenvalue weighted by atomic mass is 35.5. The summed E-state index contributed by atoms with van der Waals surface area (Å²) in [6.45, 7) is 1.89. The van der Waals surface area contributed by atoms with Gasteiger partial charge in [0.15, 0.2) is 0 Å². The number of nitrogen functional groups attached to an aromatic ring is 1. The van der Waals surface area contributed by atoms with Crippen molar-refractivity contribution < 1.29 is 9.53 Å². The molecule has 0 atom stereocenters. The first-order chi connectivity index (χ1) is 14.4. The minimum atomic E-state index is -0.261. The third-order valence-electron chi connectivity index (χ3n) is 5.02. The smallest absolute Gasteiger partial charge is 0.214 e. The highest BCUT2D eigenvalue weighted by molar-refractivity contribution is 6.33. The lowest BCUT2D eigenvalue weighted by Gasteiger charge is -2.05. The first-order valence-electron chi connectivity index (χ1n) is 9.16. The number of carbonyl (C=O) groups is 1. The predicted octanol–water partition coefficient (Wildman–Crippen LogP) is 4.01. The summed E-state index contributed by atoms with van der Waals surface area (Å²) in [5.41, 5.74) is 10.2. The van der Waals surface area contributed by atoms with Gasteiger partial charge in [0.2, 0.25) is 5.78 Å². The van der Waals surface area contributed by atoms with Gasteiger partial charge < -0.3 is 20.4 Å². The largest absolute Gasteiger partial charge is 0.495 e. The fraction of sp³-hybridized carbons (Fsp3) is 0.0952. The first-order valence-corrected chi connectivity index (χ1v) is 9.53. The van der Waals surface area contributed by atoms with Crippen LogP contribution in [0.5, 0.6) is 5.75 Å². The van der Waals surface area contributed by atoms with Gasteiger partial charge in [-0.1, -0.05) is 11.6 Å². The number of aromatic amines is 2. The molecule has 5 rings (SSSR count). The lowest BCUT2D eigenvalue weighted by atomic mass is 10.1. The molecule has 9 heteroatoms. The molecule has 0 aliphatic carbocycles. The summed E-state index contributed by atoms with van der Waals surface area (Å²) in [6.07, 6.45) is 1.47. The number of halogens is 1. The normalized spacial score (nSPS) is 11.4. The third-order valence-corrected chi connectivity index (χ3v) is 5.31. The quantitative estimate of drug-likeness (QED) is 0.380. The SMILES string of the molecule is COc1cc2[nH]c(C(=O)c3cnn(-c4ccc5nc(C)[nH]c5c4)c3N)cc2cc1Cl. The Bertz CT molecular complexity index is 1450. The molecule has 4 N–H and O–H groups in total. The van der Waals surface area contributed by atoms with Crippen molar-refractivity contribution >= 4 is 45.1 Å². The van der Waals surface area contributed by atoms with Gasteiger partial charge in [0.1, 0.15) is 17.4 Å². The number of hydrogen-bond acceptors (Lipinski definition) is 5. The Labute approximate surface area is 175 Å². The third kappa shape index (κ3) is 2.81. The topological polar surface area (TPSA) is 115 Å². The minimum absolute atomic E-state index is 0.254. The number of methoxy groups -OCH3 is 1. The Hall–Kier alpha value is -3.78. The van der Waals surface area contributed by atoms with E-state index in [1.807, 2.05) is 25.1 Å². The molecule has 0 radical (unpaired) electrons. The van der Waals surface area contributed by atoms with Crippen LogP contribution in [-0.4, -0.2) is 37.6 Å². The van der Waals surface area contributed by atoms with Crippen molar-refractivity contribution in [2.75, 3.05) is 12.8 Å². The van der Waals surface area contributed by atoms with Crippen molar-refractivity contribution in [1.29, 1.82) is 0 Å². The van der Waals surface area contributed by atoms with Crippen LogP contribution in [0, 0.1) is 6.92 Å². The van der Waals surface area contributed by atoms with E-state index >= 15 is 0 Å². The molecular weight excluding hydrogens is 404 g/mol. The second-order valence-corrected chi connectivity index (χ2v) is 7.37. The summed E-state index contributed by atoms with van der Waals surface area (Å²) in [6, 6.07) is 10.9. The fourth-order valence-corrected chi connectivity index (χ4v) is 3.80. The van der Waals surface area contributed by atoms with E-state index in [9.17, 15) is 4.79 Å². The second-order valence-electron chi connectivity index (χ2n) is 6.97. The molecule has 2 aromatic carbocycles. The number of fused-ring (bicyclic) bond motifs is 2. The van der Waals surface area contributed by atoms with Crippen LogP contribution in [0.2, 0.25) is 5.02 Å². The molecule has 0 amide bonds. The van der Waals surface area contributed by atoms with Crippen LogP contribution in [0.1, 0.15) is 21.9 Å². The lowest BCUT2D eigenvalue weighted by molar-refractivity contribution is 0.103. The molecule has 3 heterocycles. The van der Waals surface area contributed by atoms with Crippen LogP contribution in [0.25, 0.3) is 27.6 Å². The number of nitrogens with two attached hydrogens (primary N) is 1. The monoisotopic (exact) mass is 420 g/mol. The number of rotatable bonds is 4. The molecule has 150 valence electrons. The molecule has 0 spiro atoms. The number of nitrogens with one attached hydrogen (secondary N) is 2. The number of carbonyl (C=O) groups excluding carboxylic acids is 1. The zero-order chi connectivity index (χ0) is 21.0. The maximum Gasteiger partial charge on any atom is 0.214 e. The molecule has 30 heavy (non-hydrogen) atoms. The van der Waals surface area contributed by atoms with Gasteiger partial charge in [-0.3, -0.25) is 4.79 Å². The van der Waals surface area contributed by atoms with Crippen LogP contribution in [0.15, 0.2) is 42.6 Å². The first kappa shape index (κ1) is 18.3. The zero-order valence-corrected chi connectivity index (χ0v) is 16.9. The van der Waals surface area contributed by atoms with Crippen molar-refractivity contribution in [2.24, 2.45) is 0 Å². The summed E-state index contributed by atoms with van der Waals surface area (Å²) >= 11 is 6.18. The number of aryl methyl sites for hydroxylation is 1. The summed E-state index contributed by atoms with van der Waals surface area (Å²) in [5.74, 6) is 1.34. The molecule has 0 fully saturated rings. The Balaban J connectivity index is 1.54. The Kier molecular flexibility index (Phi) is 4.04. The molecule has 0 aliphatic heterocycles. The minimum Gasteiger partial charge on any atom is -0.495 e. The van der Waals surface area contributed by atoms with Gasteiger partial charge in [0.05, 0.1) is 46.3 Å². The lowest BCUT2D eigenvalue weighted by Crippen LogP contribution is -2.07. The Morgan fingerprint density at radius 2 is 2.00 bits per heavy atom. The molecule has 0 bridgehead atoms. The van der Waals surface area contributed by atoms with Gasteiger partial charge in [-0.05, 0) is 37.3 Å². The maximum atomic E-state index is 13.1. The van der Waals surface area contributed by atoms with Crippen LogP contribution in [0.3, 0.4) is 0 Å². The number of H-pyrrole nitrogens is 2. The van der Waals surface area contributed by atoms with Crippen molar-refractivity contribution in [3.05, 3.63) is 64.7 Å². The summed E-state index contributed by atoms with van der Waals surface area (Å²) in [7, 11) is 1.54. The summed E-state index contributed by atoms with van der Waals surface area (Å²) in [5, 5.41) is 5.60. The number of imidazole rings is 1. The van der Waals surface area contributed by atoms with Crippen LogP contribution < -0.4 is 10.5 Å². The standard InChI is InChI=1S/C21H17ClN6O2/c1-10-25-15-4-3-12(7-17(15)26-10)28-21(23)13(9-24-28)20(29)18-6-11-5-14(22)19(30-2)8-16(11)27-18/h3-9,27H,23H2,1-2H3,(H,25,26). The highest BCUT2D eigenvalue weighted by Crippen LogP contribution is 2.31. The van der Waals surface area contributed by atoms with E-state index in [-0.39, 0.29) is 11.6 Å². The zero-order valence-electron chi connectivity index (χ0n) is 16.2. The average Bonchev–Trinajstić information content (AvgIpc) is 3.41. The number of nitrogens with zero attached hydrogens (tertiary/aromatic N) is 3. The number of benzene rings is 2. The summed E-state index contributed by atoms with van der Waals surface area (Å²) < 4.78 is 6.77. The van der Waals surface area contributed by atoms with E-state index < -0.39 is 0 Å². The average molecular weight is 421 g/mol. The van der Waals surface area contributed by atoms with E-state index in [2.05, 4.69) is 20.1 Å². The fourth-order valence-electron chi connectivity index (χ4n) is 3.55. The molecule has 3 aromatic heterocycles. The molecule has 0 saturated carbocycles. The molecule has 0 aliphatic rings. The molecular formula is C21H17ClN6O2. The van der Waals surface area contributed by atoms with E-state index in [0.29, 0.717) is 22.0 Å². The van der Waals surface area contributed by atoms with Gasteiger partial charge >= 0.3 is 0 Å². The van der Waals surface area contributed by atoms with Crippen molar-refractivity contribution in [1.82, 2.24) is 24.7 Å². The van der Waals surface area contributed by atoms with Crippen molar-refractivity contribution in [3.8, 4) is 11.4 Å². The van der Waals surface area contributed by atoms with Gasteiger partial charge in [-0.15, -0.1) is 0 Å². The van der Waals surface area contributed by atoms with E-state index in [1.165, 1.54) is 10.9 Å². The number of ketones is 1. The van der Waals surface area contributed by atoms with Gasteiger partial charge in [-0.25, -0.2) is 9.67 Å². The van der Waals surface area contributed by atoms with E-state index in [0.717, 1.165) is 33.4 Å². The Morgan fingerprint density at radius 3 is 2.80 bits per heavy atom. The predicted molar refractivity (Wildman–Crippen MR) is 116 cm³/mol. The van der Waals surface area contributed by atoms with Crippen LogP contribution >= 0.6 is 11.6 Å². The second kappa shape index (κ2) is 6.64. The van der Waals surface area contributed by atoms with E-state index in [1.54, 1.807) is 25.3 Å². The maximum absolute atomic E-state index is 13.1. The molecule has 0 saturated heterocycles. The number of ether oxygens (including phenoxy) is 1. The highest BCUT2D eigenvalue weighted by Gasteiger charge is 2.20. The summed E-state index contributed by atoms with van der Waals surface area (Å²) in [4.78, 5) is 23.8. The molecule has 8 nitrogen and oxygen atoms in total. The molecule has 0 unspecified atom stereocenters. The van der Waals surface area contributed by atoms with E-state index in [4.69, 9.17) is 22.1 Å². The van der Waals surface area contributed by atoms with Gasteiger partial charge in [0.25, 0.3) is 0 Å². The van der Waals surface area contributed by atoms with Gasteiger partial charge in [0, 0.05) is 17.0 Å².